The smallest absolute Gasteiger partial charge is 0.102 e. The lowest BCUT2D eigenvalue weighted by molar-refractivity contribution is -0.115. The Bertz CT molecular complexity index is 409. The summed E-state index contributed by atoms with van der Waals surface area (Å²) in [5.41, 5.74) is 1.48. The van der Waals surface area contributed by atoms with Gasteiger partial charge in [-0.3, -0.25) is 0 Å². The van der Waals surface area contributed by atoms with Gasteiger partial charge in [-0.1, -0.05) is 66.1 Å². The molecule has 2 saturated carbocycles. The molecule has 127 valence electrons. The summed E-state index contributed by atoms with van der Waals surface area (Å²) in [6.45, 7) is 10.4. The van der Waals surface area contributed by atoms with E-state index in [1.807, 2.05) is 0 Å². The van der Waals surface area contributed by atoms with E-state index in [2.05, 4.69) is 35.0 Å². The quantitative estimate of drug-likeness (QED) is 0.541. The van der Waals surface area contributed by atoms with Crippen molar-refractivity contribution in [1.29, 1.82) is 0 Å². The standard InChI is InChI=1S/C21H37B2/c1-15-7-5-9-18-20(15,3)11-10-16(2)21(18,4)14-17-8-6-12-23-19(22)13-17/h15-19H,5-14H2,1-4H3/t15?,16-,17?,18?,19?,20-,21?/m0/s1. The third-order valence-electron chi connectivity index (χ3n) is 8.71. The Balaban J connectivity index is 1.81. The second kappa shape index (κ2) is 6.80. The average Bonchev–Trinajstić information content (AvgIpc) is 2.70. The molecular weight excluding hydrogens is 274 g/mol. The van der Waals surface area contributed by atoms with Gasteiger partial charge in [0.25, 0.3) is 0 Å². The normalized spacial score (nSPS) is 51.4. The van der Waals surface area contributed by atoms with Gasteiger partial charge >= 0.3 is 0 Å². The SMILES string of the molecule is [B]C1[B]CCCC(CC2(C)C3CCCC(C)[C@]3(C)CC[C@@H]2C)C1. The molecule has 3 aliphatic rings. The third kappa shape index (κ3) is 3.30. The Hall–Kier alpha value is 0.130. The summed E-state index contributed by atoms with van der Waals surface area (Å²) < 4.78 is 0. The lowest BCUT2D eigenvalue weighted by Gasteiger charge is -2.61. The third-order valence-corrected chi connectivity index (χ3v) is 8.71. The minimum atomic E-state index is 0.349. The highest BCUT2D eigenvalue weighted by molar-refractivity contribution is 6.50. The number of hydrogen-bond donors (Lipinski definition) is 0. The summed E-state index contributed by atoms with van der Waals surface area (Å²) in [6.07, 6.45) is 14.0. The predicted octanol–water partition coefficient (Wildman–Crippen LogP) is 6.09. The molecule has 1 aliphatic heterocycles. The van der Waals surface area contributed by atoms with Gasteiger partial charge in [0.2, 0.25) is 0 Å². The molecule has 0 N–H and O–H groups in total. The maximum atomic E-state index is 6.33. The second-order valence-corrected chi connectivity index (χ2v) is 9.97. The summed E-state index contributed by atoms with van der Waals surface area (Å²) >= 11 is 0. The fourth-order valence-electron chi connectivity index (χ4n) is 6.82. The van der Waals surface area contributed by atoms with Crippen LogP contribution in [0.25, 0.3) is 0 Å². The molecule has 0 bridgehead atoms. The molecule has 0 nitrogen and oxygen atoms in total. The molecule has 0 spiro atoms. The van der Waals surface area contributed by atoms with Gasteiger partial charge in [0.15, 0.2) is 0 Å². The van der Waals surface area contributed by atoms with Crippen LogP contribution < -0.4 is 0 Å². The molecule has 1 saturated heterocycles. The highest BCUT2D eigenvalue weighted by atomic mass is 14.6. The first kappa shape index (κ1) is 17.9. The van der Waals surface area contributed by atoms with E-state index in [-0.39, 0.29) is 0 Å². The van der Waals surface area contributed by atoms with Crippen molar-refractivity contribution >= 4 is 15.1 Å². The van der Waals surface area contributed by atoms with Crippen LogP contribution in [0.5, 0.6) is 0 Å². The summed E-state index contributed by atoms with van der Waals surface area (Å²) in [5, 5.41) is 0. The van der Waals surface area contributed by atoms with E-state index in [9.17, 15) is 0 Å². The van der Waals surface area contributed by atoms with Gasteiger partial charge in [-0.2, -0.15) is 0 Å². The van der Waals surface area contributed by atoms with Crippen LogP contribution in [0.15, 0.2) is 0 Å². The molecule has 3 rings (SSSR count). The molecule has 0 aromatic heterocycles. The topological polar surface area (TPSA) is 0 Å². The van der Waals surface area contributed by atoms with Crippen LogP contribution in [0.1, 0.15) is 85.5 Å². The first-order chi connectivity index (χ1) is 10.9. The number of rotatable bonds is 2. The molecule has 5 unspecified atom stereocenters. The number of hydrogen-bond acceptors (Lipinski definition) is 0. The maximum absolute atomic E-state index is 6.33. The van der Waals surface area contributed by atoms with Crippen LogP contribution in [-0.4, -0.2) is 15.1 Å². The molecular formula is C21H37B2. The highest BCUT2D eigenvalue weighted by Gasteiger charge is 2.55. The van der Waals surface area contributed by atoms with Crippen LogP contribution in [-0.2, 0) is 0 Å². The van der Waals surface area contributed by atoms with Gasteiger partial charge in [0.05, 0.1) is 7.85 Å². The van der Waals surface area contributed by atoms with Gasteiger partial charge in [0, 0.05) is 0 Å². The summed E-state index contributed by atoms with van der Waals surface area (Å²) in [7, 11) is 8.71. The van der Waals surface area contributed by atoms with E-state index in [4.69, 9.17) is 7.85 Å². The largest absolute Gasteiger partial charge is 0.103 e. The van der Waals surface area contributed by atoms with Crippen molar-refractivity contribution < 1.29 is 0 Å². The van der Waals surface area contributed by atoms with Crippen molar-refractivity contribution in [3.63, 3.8) is 0 Å². The van der Waals surface area contributed by atoms with Crippen molar-refractivity contribution in [2.75, 3.05) is 0 Å². The summed E-state index contributed by atoms with van der Waals surface area (Å²) in [5.74, 6) is 3.59. The van der Waals surface area contributed by atoms with Crippen molar-refractivity contribution in [1.82, 2.24) is 0 Å². The molecule has 23 heavy (non-hydrogen) atoms. The van der Waals surface area contributed by atoms with Crippen LogP contribution in [0.4, 0.5) is 0 Å². The van der Waals surface area contributed by atoms with Gasteiger partial charge in [0.1, 0.15) is 7.28 Å². The van der Waals surface area contributed by atoms with Crippen LogP contribution in [0.3, 0.4) is 0 Å². The van der Waals surface area contributed by atoms with Gasteiger partial charge in [-0.05, 0) is 60.2 Å². The Labute approximate surface area is 147 Å². The minimum Gasteiger partial charge on any atom is -0.102 e. The molecule has 3 fully saturated rings. The Kier molecular flexibility index (Phi) is 5.30. The zero-order valence-electron chi connectivity index (χ0n) is 16.1. The van der Waals surface area contributed by atoms with E-state index in [0.717, 1.165) is 23.7 Å². The van der Waals surface area contributed by atoms with Crippen LogP contribution in [0, 0.1) is 34.5 Å². The van der Waals surface area contributed by atoms with Crippen molar-refractivity contribution in [3.05, 3.63) is 0 Å². The molecule has 1 heterocycles. The molecule has 0 amide bonds. The predicted molar refractivity (Wildman–Crippen MR) is 103 cm³/mol. The zero-order valence-corrected chi connectivity index (χ0v) is 16.1. The fraction of sp³-hybridized carbons (Fsp3) is 1.00. The number of fused-ring (bicyclic) bond motifs is 1. The molecule has 2 aliphatic carbocycles. The first-order valence-corrected chi connectivity index (χ1v) is 10.4. The van der Waals surface area contributed by atoms with Crippen LogP contribution >= 0.6 is 0 Å². The van der Waals surface area contributed by atoms with Crippen molar-refractivity contribution in [3.8, 4) is 0 Å². The second-order valence-electron chi connectivity index (χ2n) is 9.97. The monoisotopic (exact) mass is 311 g/mol. The Morgan fingerprint density at radius 2 is 1.78 bits per heavy atom. The minimum absolute atomic E-state index is 0.349. The lowest BCUT2D eigenvalue weighted by atomic mass is 9.44. The van der Waals surface area contributed by atoms with Gasteiger partial charge < -0.3 is 0 Å². The maximum Gasteiger partial charge on any atom is 0.103 e. The van der Waals surface area contributed by atoms with Crippen molar-refractivity contribution in [2.24, 2.45) is 34.5 Å². The summed E-state index contributed by atoms with van der Waals surface area (Å²) in [4.78, 5) is 0. The molecule has 7 atom stereocenters. The Morgan fingerprint density at radius 3 is 2.57 bits per heavy atom. The van der Waals surface area contributed by atoms with E-state index < -0.39 is 0 Å². The Morgan fingerprint density at radius 1 is 1.00 bits per heavy atom. The van der Waals surface area contributed by atoms with Gasteiger partial charge in [-0.15, -0.1) is 5.72 Å². The zero-order chi connectivity index (χ0) is 16.7. The average molecular weight is 311 g/mol. The van der Waals surface area contributed by atoms with Crippen LogP contribution in [0.2, 0.25) is 12.0 Å². The first-order valence-electron chi connectivity index (χ1n) is 10.4. The van der Waals surface area contributed by atoms with E-state index in [0.29, 0.717) is 16.5 Å². The molecule has 3 radical (unpaired) electrons. The fourth-order valence-corrected chi connectivity index (χ4v) is 6.82. The lowest BCUT2D eigenvalue weighted by Crippen LogP contribution is -2.53. The van der Waals surface area contributed by atoms with E-state index >= 15 is 0 Å². The van der Waals surface area contributed by atoms with Crippen molar-refractivity contribution in [2.45, 2.75) is 97.5 Å². The molecule has 0 aromatic rings. The highest BCUT2D eigenvalue weighted by Crippen LogP contribution is 2.63. The van der Waals surface area contributed by atoms with E-state index in [1.54, 1.807) is 0 Å². The summed E-state index contributed by atoms with van der Waals surface area (Å²) in [6, 6.07) is 0. The van der Waals surface area contributed by atoms with E-state index in [1.165, 1.54) is 64.1 Å². The molecule has 2 heteroatoms. The molecule has 0 aromatic carbocycles. The van der Waals surface area contributed by atoms with Gasteiger partial charge in [-0.25, -0.2) is 0 Å².